The van der Waals surface area contributed by atoms with E-state index >= 15 is 0 Å². The number of rotatable bonds is 8. The van der Waals surface area contributed by atoms with Crippen LogP contribution in [0.1, 0.15) is 40.5 Å². The number of carbonyl (C=O) groups is 3. The molecule has 0 spiro atoms. The van der Waals surface area contributed by atoms with Gasteiger partial charge in [-0.2, -0.15) is 0 Å². The van der Waals surface area contributed by atoms with Crippen LogP contribution in [0.2, 0.25) is 0 Å². The van der Waals surface area contributed by atoms with Crippen molar-refractivity contribution in [3.8, 4) is 11.5 Å². The lowest BCUT2D eigenvalue weighted by Crippen LogP contribution is -2.72. The summed E-state index contributed by atoms with van der Waals surface area (Å²) in [5, 5.41) is 12.0. The molecule has 0 radical (unpaired) electrons. The van der Waals surface area contributed by atoms with Crippen LogP contribution in [0.4, 0.5) is 0 Å². The first-order chi connectivity index (χ1) is 14.1. The number of fused-ring (bicyclic) bond motifs is 1. The van der Waals surface area contributed by atoms with Crippen LogP contribution < -0.4 is 14.8 Å². The first-order valence-corrected chi connectivity index (χ1v) is 10.9. The maximum atomic E-state index is 13.3. The number of amides is 2. The van der Waals surface area contributed by atoms with Crippen LogP contribution in [-0.4, -0.2) is 62.7 Å². The Labute approximate surface area is 180 Å². The van der Waals surface area contributed by atoms with E-state index in [0.29, 0.717) is 24.3 Å². The van der Waals surface area contributed by atoms with Gasteiger partial charge in [0.05, 0.1) is 7.11 Å². The Hall–Kier alpha value is -2.42. The zero-order chi connectivity index (χ0) is 22.3. The number of hydrogen-bond donors (Lipinski definition) is 2. The lowest BCUT2D eigenvalue weighted by Gasteiger charge is -2.45. The molecule has 2 amide bonds. The molecule has 3 atom stereocenters. The van der Waals surface area contributed by atoms with Gasteiger partial charge in [-0.15, -0.1) is 11.8 Å². The van der Waals surface area contributed by atoms with Crippen molar-refractivity contribution < 1.29 is 29.0 Å². The average Bonchev–Trinajstić information content (AvgIpc) is 2.98. The Morgan fingerprint density at radius 1 is 1.23 bits per heavy atom. The van der Waals surface area contributed by atoms with Crippen molar-refractivity contribution in [2.45, 2.75) is 68.3 Å². The van der Waals surface area contributed by atoms with Gasteiger partial charge in [0.25, 0.3) is 5.91 Å². The van der Waals surface area contributed by atoms with Gasteiger partial charge in [-0.05, 0) is 38.8 Å². The van der Waals surface area contributed by atoms with E-state index in [1.165, 1.54) is 23.8 Å². The van der Waals surface area contributed by atoms with Gasteiger partial charge < -0.3 is 24.8 Å². The Balaban J connectivity index is 1.80. The van der Waals surface area contributed by atoms with Crippen LogP contribution in [0.5, 0.6) is 11.5 Å². The number of benzene rings is 1. The highest BCUT2D eigenvalue weighted by Gasteiger charge is 2.64. The second kappa shape index (κ2) is 8.02. The van der Waals surface area contributed by atoms with Crippen molar-refractivity contribution in [3.05, 3.63) is 24.3 Å². The number of β-lactam (4-membered cyclic amide) rings is 1. The number of nitrogens with one attached hydrogen (secondary N) is 1. The minimum atomic E-state index is -1.18. The molecule has 2 saturated heterocycles. The highest BCUT2D eigenvalue weighted by atomic mass is 32.2. The number of aliphatic carboxylic acids is 1. The molecule has 2 N–H and O–H groups in total. The van der Waals surface area contributed by atoms with Crippen molar-refractivity contribution in [2.24, 2.45) is 0 Å². The van der Waals surface area contributed by atoms with Gasteiger partial charge in [0.1, 0.15) is 17.5 Å². The Bertz CT molecular complexity index is 854. The van der Waals surface area contributed by atoms with E-state index < -0.39 is 39.7 Å². The molecule has 8 nitrogen and oxygen atoms in total. The summed E-state index contributed by atoms with van der Waals surface area (Å²) in [6.07, 6.45) is 0.776. The minimum absolute atomic E-state index is 0.378. The van der Waals surface area contributed by atoms with Crippen LogP contribution in [0.25, 0.3) is 0 Å². The van der Waals surface area contributed by atoms with Gasteiger partial charge in [0.15, 0.2) is 17.1 Å². The molecule has 0 saturated carbocycles. The van der Waals surface area contributed by atoms with Gasteiger partial charge >= 0.3 is 5.97 Å². The first kappa shape index (κ1) is 22.3. The molecule has 2 heterocycles. The van der Waals surface area contributed by atoms with E-state index in [4.69, 9.17) is 9.47 Å². The molecule has 2 fully saturated rings. The van der Waals surface area contributed by atoms with E-state index in [0.717, 1.165) is 0 Å². The maximum Gasteiger partial charge on any atom is 0.327 e. The van der Waals surface area contributed by atoms with E-state index in [9.17, 15) is 19.5 Å². The lowest BCUT2D eigenvalue weighted by atomic mass is 9.92. The number of carbonyl (C=O) groups excluding carboxylic acids is 2. The van der Waals surface area contributed by atoms with Gasteiger partial charge in [0, 0.05) is 4.75 Å². The molecule has 164 valence electrons. The number of thioether (sulfide) groups is 1. The molecular formula is C21H28N2O6S. The fraction of sp³-hybridized carbons (Fsp3) is 0.571. The Morgan fingerprint density at radius 3 is 2.37 bits per heavy atom. The number of para-hydroxylation sites is 2. The first-order valence-electron chi connectivity index (χ1n) is 9.97. The normalized spacial score (nSPS) is 24.6. The highest BCUT2D eigenvalue weighted by molar-refractivity contribution is 8.01. The second-order valence-corrected chi connectivity index (χ2v) is 9.77. The number of ether oxygens (including phenoxy) is 2. The molecule has 1 aromatic rings. The fourth-order valence-electron chi connectivity index (χ4n) is 4.09. The molecule has 9 heteroatoms. The monoisotopic (exact) mass is 436 g/mol. The zero-order valence-corrected chi connectivity index (χ0v) is 18.6. The molecule has 0 aromatic heterocycles. The second-order valence-electron chi connectivity index (χ2n) is 8.00. The van der Waals surface area contributed by atoms with Gasteiger partial charge in [-0.25, -0.2) is 4.79 Å². The summed E-state index contributed by atoms with van der Waals surface area (Å²) in [6, 6.07) is 5.40. The molecular weight excluding hydrogens is 408 g/mol. The molecule has 0 aliphatic carbocycles. The number of carboxylic acid groups (broad SMARTS) is 1. The van der Waals surface area contributed by atoms with E-state index in [2.05, 4.69) is 5.32 Å². The lowest BCUT2D eigenvalue weighted by molar-refractivity contribution is -0.162. The smallest absolute Gasteiger partial charge is 0.327 e. The summed E-state index contributed by atoms with van der Waals surface area (Å²) in [4.78, 5) is 39.0. The van der Waals surface area contributed by atoms with E-state index in [1.807, 2.05) is 19.9 Å². The topological polar surface area (TPSA) is 105 Å². The molecule has 2 aliphatic heterocycles. The third-order valence-electron chi connectivity index (χ3n) is 5.89. The van der Waals surface area contributed by atoms with Crippen molar-refractivity contribution in [1.82, 2.24) is 10.2 Å². The largest absolute Gasteiger partial charge is 0.493 e. The van der Waals surface area contributed by atoms with Crippen LogP contribution in [0.3, 0.4) is 0 Å². The van der Waals surface area contributed by atoms with Crippen molar-refractivity contribution in [1.29, 1.82) is 0 Å². The molecule has 2 aliphatic rings. The molecule has 3 rings (SSSR count). The van der Waals surface area contributed by atoms with Gasteiger partial charge in [0.2, 0.25) is 5.91 Å². The summed E-state index contributed by atoms with van der Waals surface area (Å²) in [5.41, 5.74) is -1.18. The summed E-state index contributed by atoms with van der Waals surface area (Å²) >= 11 is 1.39. The number of nitrogens with zero attached hydrogens (tertiary/aromatic N) is 1. The molecule has 1 aromatic carbocycles. The standard InChI is InChI=1S/C21H28N2O6S/c1-6-21(7-2,29-13-11-9-8-10-12(13)28-5)19(27)22-14-16(24)23-15(18(25)26)20(3,4)30-17(14)23/h8-11,14-15,17H,6-7H2,1-5H3,(H,22,27)(H,25,26)/t14-,15+,17-/m1/s1. The molecule has 0 unspecified atom stereocenters. The third-order valence-corrected chi connectivity index (χ3v) is 7.46. The van der Waals surface area contributed by atoms with Crippen LogP contribution in [-0.2, 0) is 14.4 Å². The number of carboxylic acids is 1. The average molecular weight is 437 g/mol. The number of hydrogen-bond acceptors (Lipinski definition) is 6. The van der Waals surface area contributed by atoms with Crippen LogP contribution in [0, 0.1) is 0 Å². The van der Waals surface area contributed by atoms with E-state index in [-0.39, 0.29) is 5.91 Å². The Morgan fingerprint density at radius 2 is 1.83 bits per heavy atom. The van der Waals surface area contributed by atoms with Gasteiger partial charge in [-0.3, -0.25) is 9.59 Å². The van der Waals surface area contributed by atoms with Crippen LogP contribution in [0.15, 0.2) is 24.3 Å². The highest BCUT2D eigenvalue weighted by Crippen LogP contribution is 2.51. The summed E-state index contributed by atoms with van der Waals surface area (Å²) in [6.45, 7) is 7.30. The zero-order valence-electron chi connectivity index (χ0n) is 17.8. The number of methoxy groups -OCH3 is 1. The summed E-state index contributed by atoms with van der Waals surface area (Å²) in [5.74, 6) is -0.850. The van der Waals surface area contributed by atoms with Crippen molar-refractivity contribution in [2.75, 3.05) is 7.11 Å². The van der Waals surface area contributed by atoms with E-state index in [1.54, 1.807) is 32.0 Å². The fourth-order valence-corrected chi connectivity index (χ4v) is 5.72. The maximum absolute atomic E-state index is 13.3. The third kappa shape index (κ3) is 3.49. The predicted octanol–water partition coefficient (Wildman–Crippen LogP) is 2.26. The minimum Gasteiger partial charge on any atom is -0.493 e. The SMILES string of the molecule is CCC(CC)(Oc1ccccc1OC)C(=O)N[C@@H]1C(=O)N2[C@@H]1SC(C)(C)[C@@H]2C(=O)O. The molecule has 30 heavy (non-hydrogen) atoms. The van der Waals surface area contributed by atoms with Crippen LogP contribution >= 0.6 is 11.8 Å². The van der Waals surface area contributed by atoms with Gasteiger partial charge in [-0.1, -0.05) is 26.0 Å². The van der Waals surface area contributed by atoms with Crippen molar-refractivity contribution >= 4 is 29.5 Å². The Kier molecular flexibility index (Phi) is 5.95. The summed E-state index contributed by atoms with van der Waals surface area (Å²) in [7, 11) is 1.53. The quantitative estimate of drug-likeness (QED) is 0.602. The van der Waals surface area contributed by atoms with Crippen molar-refractivity contribution in [3.63, 3.8) is 0 Å². The predicted molar refractivity (Wildman–Crippen MR) is 113 cm³/mol. The summed E-state index contributed by atoms with van der Waals surface area (Å²) < 4.78 is 10.8. The molecule has 0 bridgehead atoms.